The zero-order chi connectivity index (χ0) is 23.5. The molecule has 9 heteroatoms. The predicted molar refractivity (Wildman–Crippen MR) is 113 cm³/mol. The quantitative estimate of drug-likeness (QED) is 0.578. The third kappa shape index (κ3) is 5.22. The Balaban J connectivity index is 1.98. The second kappa shape index (κ2) is 9.33. The van der Waals surface area contributed by atoms with Gasteiger partial charge >= 0.3 is 6.36 Å². The molecule has 2 aromatic carbocycles. The fourth-order valence-corrected chi connectivity index (χ4v) is 3.25. The van der Waals surface area contributed by atoms with Gasteiger partial charge in [0, 0.05) is 17.8 Å². The average Bonchev–Trinajstić information content (AvgIpc) is 2.95. The number of imide groups is 1. The molecule has 6 nitrogen and oxygen atoms in total. The van der Waals surface area contributed by atoms with E-state index in [4.69, 9.17) is 4.74 Å². The zero-order valence-electron chi connectivity index (χ0n) is 17.8. The van der Waals surface area contributed by atoms with Crippen LogP contribution in [0, 0.1) is 0 Å². The van der Waals surface area contributed by atoms with Crippen LogP contribution in [0.25, 0.3) is 5.57 Å². The number of hydrogen-bond acceptors (Lipinski definition) is 5. The second-order valence-electron chi connectivity index (χ2n) is 7.40. The van der Waals surface area contributed by atoms with Crippen molar-refractivity contribution in [1.82, 2.24) is 4.90 Å². The SMILES string of the molecule is CCCOc1ccc(C2=C(Nc3cccc(OC(F)(F)F)c3)C(=O)N(C(C)C)C2=O)cc1. The van der Waals surface area contributed by atoms with Gasteiger partial charge in [0.05, 0.1) is 12.2 Å². The van der Waals surface area contributed by atoms with Crippen LogP contribution in [-0.4, -0.2) is 35.7 Å². The van der Waals surface area contributed by atoms with Gasteiger partial charge in [0.25, 0.3) is 11.8 Å². The van der Waals surface area contributed by atoms with Gasteiger partial charge in [-0.1, -0.05) is 25.1 Å². The molecule has 0 saturated carbocycles. The Hall–Kier alpha value is -3.49. The van der Waals surface area contributed by atoms with Gasteiger partial charge in [-0.15, -0.1) is 13.2 Å². The van der Waals surface area contributed by atoms with Crippen molar-refractivity contribution in [3.8, 4) is 11.5 Å². The topological polar surface area (TPSA) is 67.9 Å². The molecule has 0 aliphatic carbocycles. The second-order valence-corrected chi connectivity index (χ2v) is 7.40. The lowest BCUT2D eigenvalue weighted by molar-refractivity contribution is -0.274. The van der Waals surface area contributed by atoms with Gasteiger partial charge in [-0.25, -0.2) is 0 Å². The van der Waals surface area contributed by atoms with Crippen LogP contribution in [0.15, 0.2) is 54.2 Å². The largest absolute Gasteiger partial charge is 0.573 e. The van der Waals surface area contributed by atoms with Gasteiger partial charge in [-0.05, 0) is 50.1 Å². The van der Waals surface area contributed by atoms with E-state index in [0.29, 0.717) is 17.9 Å². The van der Waals surface area contributed by atoms with E-state index in [1.807, 2.05) is 6.92 Å². The summed E-state index contributed by atoms with van der Waals surface area (Å²) in [7, 11) is 0. The van der Waals surface area contributed by atoms with Crippen LogP contribution in [-0.2, 0) is 9.59 Å². The summed E-state index contributed by atoms with van der Waals surface area (Å²) in [4.78, 5) is 27.2. The summed E-state index contributed by atoms with van der Waals surface area (Å²) in [5.41, 5.74) is 0.775. The van der Waals surface area contributed by atoms with Gasteiger partial charge in [-0.2, -0.15) is 0 Å². The molecule has 0 atom stereocenters. The summed E-state index contributed by atoms with van der Waals surface area (Å²) in [6.45, 7) is 5.94. The molecular formula is C23H23F3N2O4. The number of rotatable bonds is 8. The minimum Gasteiger partial charge on any atom is -0.494 e. The van der Waals surface area contributed by atoms with E-state index in [2.05, 4.69) is 10.1 Å². The molecule has 0 aromatic heterocycles. The molecule has 1 aliphatic heterocycles. The summed E-state index contributed by atoms with van der Waals surface area (Å²) in [5.74, 6) is -0.870. The highest BCUT2D eigenvalue weighted by Crippen LogP contribution is 2.33. The first-order chi connectivity index (χ1) is 15.1. The molecule has 2 amide bonds. The van der Waals surface area contributed by atoms with E-state index in [1.165, 1.54) is 12.1 Å². The van der Waals surface area contributed by atoms with Gasteiger partial charge in [0.2, 0.25) is 0 Å². The number of ether oxygens (including phenoxy) is 2. The van der Waals surface area contributed by atoms with Crippen LogP contribution in [0.3, 0.4) is 0 Å². The summed E-state index contributed by atoms with van der Waals surface area (Å²) in [6.07, 6.45) is -4.01. The maximum Gasteiger partial charge on any atom is 0.573 e. The molecule has 0 bridgehead atoms. The first kappa shape index (κ1) is 23.2. The monoisotopic (exact) mass is 448 g/mol. The highest BCUT2D eigenvalue weighted by molar-refractivity contribution is 6.36. The Bertz CT molecular complexity index is 1030. The molecular weight excluding hydrogens is 425 g/mol. The van der Waals surface area contributed by atoms with E-state index in [0.717, 1.165) is 23.5 Å². The number of alkyl halides is 3. The lowest BCUT2D eigenvalue weighted by atomic mass is 10.0. The Morgan fingerprint density at radius 2 is 1.69 bits per heavy atom. The van der Waals surface area contributed by atoms with E-state index >= 15 is 0 Å². The van der Waals surface area contributed by atoms with Gasteiger partial charge in [0.1, 0.15) is 17.2 Å². The van der Waals surface area contributed by atoms with Crippen LogP contribution < -0.4 is 14.8 Å². The maximum absolute atomic E-state index is 13.1. The molecule has 0 saturated heterocycles. The van der Waals surface area contributed by atoms with Crippen molar-refractivity contribution < 1.29 is 32.2 Å². The number of amides is 2. The van der Waals surface area contributed by atoms with Crippen molar-refractivity contribution in [3.05, 3.63) is 59.8 Å². The first-order valence-corrected chi connectivity index (χ1v) is 10.1. The summed E-state index contributed by atoms with van der Waals surface area (Å²) < 4.78 is 47.2. The van der Waals surface area contributed by atoms with Crippen molar-refractivity contribution >= 4 is 23.1 Å². The Kier molecular flexibility index (Phi) is 6.76. The molecule has 0 spiro atoms. The minimum atomic E-state index is -4.85. The Morgan fingerprint density at radius 1 is 1.00 bits per heavy atom. The molecule has 1 heterocycles. The lowest BCUT2D eigenvalue weighted by Crippen LogP contribution is -2.38. The molecule has 32 heavy (non-hydrogen) atoms. The standard InChI is InChI=1S/C23H23F3N2O4/c1-4-12-31-17-10-8-15(9-11-17)19-20(22(30)28(14(2)3)21(19)29)27-16-6-5-7-18(13-16)32-23(24,25)26/h5-11,13-14,27H,4,12H2,1-3H3. The van der Waals surface area contributed by atoms with Crippen molar-refractivity contribution in [1.29, 1.82) is 0 Å². The number of carbonyl (C=O) groups excluding carboxylic acids is 2. The lowest BCUT2D eigenvalue weighted by Gasteiger charge is -2.19. The summed E-state index contributed by atoms with van der Waals surface area (Å²) in [5, 5.41) is 2.82. The fraction of sp³-hybridized carbons (Fsp3) is 0.304. The van der Waals surface area contributed by atoms with Crippen LogP contribution in [0.1, 0.15) is 32.8 Å². The zero-order valence-corrected chi connectivity index (χ0v) is 17.8. The number of anilines is 1. The van der Waals surface area contributed by atoms with Gasteiger partial charge in [-0.3, -0.25) is 14.5 Å². The molecule has 0 unspecified atom stereocenters. The van der Waals surface area contributed by atoms with E-state index in [-0.39, 0.29) is 17.0 Å². The molecule has 1 N–H and O–H groups in total. The minimum absolute atomic E-state index is 0.0184. The fourth-order valence-electron chi connectivity index (χ4n) is 3.25. The molecule has 0 radical (unpaired) electrons. The summed E-state index contributed by atoms with van der Waals surface area (Å²) in [6, 6.07) is 11.4. The van der Waals surface area contributed by atoms with Gasteiger partial charge in [0.15, 0.2) is 0 Å². The van der Waals surface area contributed by atoms with Crippen molar-refractivity contribution in [2.24, 2.45) is 0 Å². The third-order valence-electron chi connectivity index (χ3n) is 4.58. The normalized spacial score (nSPS) is 14.4. The Morgan fingerprint density at radius 3 is 2.28 bits per heavy atom. The number of nitrogens with zero attached hydrogens (tertiary/aromatic N) is 1. The molecule has 1 aliphatic rings. The number of carbonyl (C=O) groups is 2. The molecule has 2 aromatic rings. The van der Waals surface area contributed by atoms with Gasteiger partial charge < -0.3 is 14.8 Å². The highest BCUT2D eigenvalue weighted by atomic mass is 19.4. The molecule has 3 rings (SSSR count). The van der Waals surface area contributed by atoms with Crippen LogP contribution in [0.5, 0.6) is 11.5 Å². The molecule has 0 fully saturated rings. The maximum atomic E-state index is 13.1. The van der Waals surface area contributed by atoms with Crippen LogP contribution >= 0.6 is 0 Å². The predicted octanol–water partition coefficient (Wildman–Crippen LogP) is 4.97. The van der Waals surface area contributed by atoms with E-state index in [1.54, 1.807) is 38.1 Å². The third-order valence-corrected chi connectivity index (χ3v) is 4.58. The van der Waals surface area contributed by atoms with Crippen LogP contribution in [0.4, 0.5) is 18.9 Å². The number of nitrogens with one attached hydrogen (secondary N) is 1. The highest BCUT2D eigenvalue weighted by Gasteiger charge is 2.40. The number of hydrogen-bond donors (Lipinski definition) is 1. The molecule has 170 valence electrons. The smallest absolute Gasteiger partial charge is 0.494 e. The Labute approximate surface area is 183 Å². The van der Waals surface area contributed by atoms with Crippen LogP contribution in [0.2, 0.25) is 0 Å². The number of benzene rings is 2. The average molecular weight is 448 g/mol. The van der Waals surface area contributed by atoms with E-state index < -0.39 is 30.0 Å². The van der Waals surface area contributed by atoms with Crippen molar-refractivity contribution in [3.63, 3.8) is 0 Å². The van der Waals surface area contributed by atoms with E-state index in [9.17, 15) is 22.8 Å². The first-order valence-electron chi connectivity index (χ1n) is 10.1. The van der Waals surface area contributed by atoms with Crippen molar-refractivity contribution in [2.45, 2.75) is 39.6 Å². The number of halogens is 3. The summed E-state index contributed by atoms with van der Waals surface area (Å²) >= 11 is 0. The van der Waals surface area contributed by atoms with Crippen molar-refractivity contribution in [2.75, 3.05) is 11.9 Å².